The van der Waals surface area contributed by atoms with E-state index in [1.165, 1.54) is 27.8 Å². The molecule has 1 aliphatic carbocycles. The lowest BCUT2D eigenvalue weighted by Gasteiger charge is -2.22. The lowest BCUT2D eigenvalue weighted by atomic mass is 9.82. The molecule has 0 atom stereocenters. The largest absolute Gasteiger partial charge is 0.179 e. The van der Waals surface area contributed by atoms with Gasteiger partial charge in [0.2, 0.25) is 0 Å². The van der Waals surface area contributed by atoms with E-state index in [2.05, 4.69) is 78.8 Å². The third-order valence-corrected chi connectivity index (χ3v) is 4.82. The van der Waals surface area contributed by atoms with Gasteiger partial charge in [-0.25, -0.2) is 0 Å². The quantitative estimate of drug-likeness (QED) is 0.599. The number of aryl methyl sites for hydroxylation is 1. The molecule has 2 heteroatoms. The van der Waals surface area contributed by atoms with Crippen molar-refractivity contribution in [2.45, 2.75) is 39.5 Å². The van der Waals surface area contributed by atoms with Gasteiger partial charge in [-0.2, -0.15) is 12.6 Å². The Morgan fingerprint density at radius 2 is 1.52 bits per heavy atom. The summed E-state index contributed by atoms with van der Waals surface area (Å²) in [5, 5.41) is 0. The first-order chi connectivity index (χ1) is 10.0. The number of rotatable bonds is 2. The molecule has 0 N–H and O–H groups in total. The third kappa shape index (κ3) is 2.93. The van der Waals surface area contributed by atoms with Gasteiger partial charge in [0.05, 0.1) is 0 Å². The molecule has 0 aromatic heterocycles. The molecule has 0 saturated heterocycles. The SMILES string of the molecule is CC.CC1(C)c2cc(Br)ccc2-c2ccc(CCS)cc21. The zero-order valence-corrected chi connectivity index (χ0v) is 15.7. The normalized spacial score (nSPS) is 14.0. The molecule has 21 heavy (non-hydrogen) atoms. The average molecular weight is 363 g/mol. The van der Waals surface area contributed by atoms with E-state index in [1.54, 1.807) is 0 Å². The van der Waals surface area contributed by atoms with Crippen LogP contribution >= 0.6 is 28.6 Å². The minimum atomic E-state index is 0.0844. The van der Waals surface area contributed by atoms with E-state index < -0.39 is 0 Å². The predicted molar refractivity (Wildman–Crippen MR) is 101 cm³/mol. The van der Waals surface area contributed by atoms with Gasteiger partial charge in [-0.3, -0.25) is 0 Å². The molecular formula is C19H23BrS. The van der Waals surface area contributed by atoms with Crippen LogP contribution in [0, 0.1) is 0 Å². The zero-order chi connectivity index (χ0) is 15.6. The Bertz CT molecular complexity index is 644. The van der Waals surface area contributed by atoms with Crippen LogP contribution in [-0.2, 0) is 11.8 Å². The van der Waals surface area contributed by atoms with Gasteiger partial charge in [-0.05, 0) is 52.1 Å². The van der Waals surface area contributed by atoms with Gasteiger partial charge in [0.25, 0.3) is 0 Å². The van der Waals surface area contributed by atoms with Crippen LogP contribution < -0.4 is 0 Å². The highest BCUT2D eigenvalue weighted by Gasteiger charge is 2.35. The molecule has 0 heterocycles. The van der Waals surface area contributed by atoms with E-state index >= 15 is 0 Å². The van der Waals surface area contributed by atoms with Crippen molar-refractivity contribution in [1.29, 1.82) is 0 Å². The number of benzene rings is 2. The molecule has 0 fully saturated rings. The van der Waals surface area contributed by atoms with Crippen molar-refractivity contribution < 1.29 is 0 Å². The van der Waals surface area contributed by atoms with E-state index in [9.17, 15) is 0 Å². The van der Waals surface area contributed by atoms with Crippen LogP contribution in [-0.4, -0.2) is 5.75 Å². The van der Waals surface area contributed by atoms with Gasteiger partial charge < -0.3 is 0 Å². The Kier molecular flexibility index (Phi) is 5.21. The second-order valence-corrected chi connectivity index (χ2v) is 7.03. The van der Waals surface area contributed by atoms with Crippen molar-refractivity contribution in [1.82, 2.24) is 0 Å². The topological polar surface area (TPSA) is 0 Å². The smallest absolute Gasteiger partial charge is 0.0178 e. The second-order valence-electron chi connectivity index (χ2n) is 5.67. The van der Waals surface area contributed by atoms with E-state index in [0.717, 1.165) is 16.6 Å². The number of halogens is 1. The molecule has 2 aromatic rings. The molecule has 0 saturated carbocycles. The van der Waals surface area contributed by atoms with E-state index in [4.69, 9.17) is 0 Å². The highest BCUT2D eigenvalue weighted by Crippen LogP contribution is 2.49. The van der Waals surface area contributed by atoms with Crippen molar-refractivity contribution in [2.24, 2.45) is 0 Å². The fourth-order valence-electron chi connectivity index (χ4n) is 3.04. The zero-order valence-electron chi connectivity index (χ0n) is 13.2. The van der Waals surface area contributed by atoms with Crippen LogP contribution in [0.1, 0.15) is 44.4 Å². The van der Waals surface area contributed by atoms with Crippen LogP contribution in [0.25, 0.3) is 11.1 Å². The second kappa shape index (κ2) is 6.58. The lowest BCUT2D eigenvalue weighted by Crippen LogP contribution is -2.15. The molecule has 0 bridgehead atoms. The van der Waals surface area contributed by atoms with Gasteiger partial charge in [-0.1, -0.05) is 67.9 Å². The minimum Gasteiger partial charge on any atom is -0.179 e. The predicted octanol–water partition coefficient (Wildman–Crippen LogP) is 6.25. The van der Waals surface area contributed by atoms with Crippen LogP contribution in [0.5, 0.6) is 0 Å². The van der Waals surface area contributed by atoms with Gasteiger partial charge in [0, 0.05) is 9.89 Å². The molecule has 0 radical (unpaired) electrons. The molecule has 0 nitrogen and oxygen atoms in total. The molecular weight excluding hydrogens is 340 g/mol. The monoisotopic (exact) mass is 362 g/mol. The van der Waals surface area contributed by atoms with Gasteiger partial charge >= 0.3 is 0 Å². The number of thiol groups is 1. The number of hydrogen-bond acceptors (Lipinski definition) is 1. The molecule has 0 aliphatic heterocycles. The summed E-state index contributed by atoms with van der Waals surface area (Å²) in [5.74, 6) is 0.901. The highest BCUT2D eigenvalue weighted by molar-refractivity contribution is 9.10. The summed E-state index contributed by atoms with van der Waals surface area (Å²) in [4.78, 5) is 0. The summed E-state index contributed by atoms with van der Waals surface area (Å²) in [6, 6.07) is 13.5. The first kappa shape index (κ1) is 16.6. The Balaban J connectivity index is 0.000000774. The maximum absolute atomic E-state index is 4.34. The summed E-state index contributed by atoms with van der Waals surface area (Å²) in [7, 11) is 0. The van der Waals surface area contributed by atoms with Crippen LogP contribution in [0.3, 0.4) is 0 Å². The molecule has 3 rings (SSSR count). The van der Waals surface area contributed by atoms with Gasteiger partial charge in [-0.15, -0.1) is 0 Å². The van der Waals surface area contributed by atoms with Crippen molar-refractivity contribution in [3.8, 4) is 11.1 Å². The summed E-state index contributed by atoms with van der Waals surface area (Å²) in [6.07, 6.45) is 1.03. The van der Waals surface area contributed by atoms with E-state index in [-0.39, 0.29) is 5.41 Å². The van der Waals surface area contributed by atoms with E-state index in [0.29, 0.717) is 0 Å². The Labute approximate surface area is 142 Å². The fourth-order valence-corrected chi connectivity index (χ4v) is 3.66. The summed E-state index contributed by atoms with van der Waals surface area (Å²) >= 11 is 7.93. The van der Waals surface area contributed by atoms with Crippen molar-refractivity contribution >= 4 is 28.6 Å². The van der Waals surface area contributed by atoms with Crippen LogP contribution in [0.2, 0.25) is 0 Å². The highest BCUT2D eigenvalue weighted by atomic mass is 79.9. The fraction of sp³-hybridized carbons (Fsp3) is 0.368. The van der Waals surface area contributed by atoms with Crippen LogP contribution in [0.4, 0.5) is 0 Å². The maximum Gasteiger partial charge on any atom is 0.0178 e. The van der Waals surface area contributed by atoms with Gasteiger partial charge in [0.15, 0.2) is 0 Å². The summed E-state index contributed by atoms with van der Waals surface area (Å²) in [5.41, 5.74) is 7.09. The van der Waals surface area contributed by atoms with E-state index in [1.807, 2.05) is 13.8 Å². The number of fused-ring (bicyclic) bond motifs is 3. The molecule has 0 amide bonds. The molecule has 1 aliphatic rings. The summed E-state index contributed by atoms with van der Waals surface area (Å²) < 4.78 is 1.16. The summed E-state index contributed by atoms with van der Waals surface area (Å²) in [6.45, 7) is 8.63. The van der Waals surface area contributed by atoms with Crippen LogP contribution in [0.15, 0.2) is 40.9 Å². The Hall–Kier alpha value is -0.730. The maximum atomic E-state index is 4.34. The van der Waals surface area contributed by atoms with Crippen molar-refractivity contribution in [3.05, 3.63) is 57.6 Å². The average Bonchev–Trinajstić information content (AvgIpc) is 2.70. The Morgan fingerprint density at radius 1 is 0.952 bits per heavy atom. The van der Waals surface area contributed by atoms with Gasteiger partial charge in [0.1, 0.15) is 0 Å². The number of hydrogen-bond donors (Lipinski definition) is 1. The third-order valence-electron chi connectivity index (χ3n) is 4.10. The Morgan fingerprint density at radius 3 is 2.14 bits per heavy atom. The minimum absolute atomic E-state index is 0.0844. The first-order valence-corrected chi connectivity index (χ1v) is 9.01. The molecule has 0 unspecified atom stereocenters. The lowest BCUT2D eigenvalue weighted by molar-refractivity contribution is 0.659. The molecule has 112 valence electrons. The molecule has 0 spiro atoms. The molecule has 2 aromatic carbocycles. The first-order valence-electron chi connectivity index (χ1n) is 7.58. The van der Waals surface area contributed by atoms with Crippen molar-refractivity contribution in [3.63, 3.8) is 0 Å². The van der Waals surface area contributed by atoms with Crippen molar-refractivity contribution in [2.75, 3.05) is 5.75 Å². The standard InChI is InChI=1S/C17H17BrS.C2H6/c1-17(2)15-9-11(7-8-19)3-5-13(15)14-6-4-12(18)10-16(14)17;1-2/h3-6,9-10,19H,7-8H2,1-2H3;1-2H3.